The van der Waals surface area contributed by atoms with Gasteiger partial charge in [0.2, 0.25) is 5.78 Å². The van der Waals surface area contributed by atoms with Crippen molar-refractivity contribution in [1.29, 1.82) is 0 Å². The number of carbonyl (C=O) groups excluding carboxylic acids is 1. The van der Waals surface area contributed by atoms with Crippen LogP contribution in [0.2, 0.25) is 0 Å². The van der Waals surface area contributed by atoms with Gasteiger partial charge in [-0.05, 0) is 44.1 Å². The summed E-state index contributed by atoms with van der Waals surface area (Å²) < 4.78 is 11.4. The summed E-state index contributed by atoms with van der Waals surface area (Å²) in [4.78, 5) is 12.4. The fourth-order valence-electron chi connectivity index (χ4n) is 2.88. The maximum atomic E-state index is 12.4. The van der Waals surface area contributed by atoms with Gasteiger partial charge >= 0.3 is 0 Å². The summed E-state index contributed by atoms with van der Waals surface area (Å²) >= 11 is 1.93. The largest absolute Gasteiger partial charge is 0.458 e. The SMILES string of the molecule is Cc1ccc(C(=O)C2CCOC3(CCSC3)C2)o1. The Kier molecular flexibility index (Phi) is 3.24. The van der Waals surface area contributed by atoms with Gasteiger partial charge in [0.1, 0.15) is 5.76 Å². The molecule has 2 aliphatic rings. The van der Waals surface area contributed by atoms with Crippen molar-refractivity contribution in [1.82, 2.24) is 0 Å². The zero-order valence-corrected chi connectivity index (χ0v) is 11.4. The molecule has 2 saturated heterocycles. The fraction of sp³-hybridized carbons (Fsp3) is 0.643. The molecule has 0 saturated carbocycles. The number of rotatable bonds is 2. The number of hydrogen-bond donors (Lipinski definition) is 0. The minimum absolute atomic E-state index is 0.0368. The Morgan fingerprint density at radius 2 is 2.39 bits per heavy atom. The minimum Gasteiger partial charge on any atom is -0.458 e. The van der Waals surface area contributed by atoms with E-state index in [1.165, 1.54) is 0 Å². The average Bonchev–Trinajstić information content (AvgIpc) is 2.98. The second-order valence-corrected chi connectivity index (χ2v) is 6.40. The van der Waals surface area contributed by atoms with E-state index in [1.54, 1.807) is 6.07 Å². The molecule has 1 aromatic rings. The first-order chi connectivity index (χ1) is 8.69. The van der Waals surface area contributed by atoms with Gasteiger partial charge in [0.15, 0.2) is 5.76 Å². The quantitative estimate of drug-likeness (QED) is 0.771. The maximum Gasteiger partial charge on any atom is 0.201 e. The van der Waals surface area contributed by atoms with Crippen LogP contribution in [-0.4, -0.2) is 29.5 Å². The van der Waals surface area contributed by atoms with Crippen LogP contribution < -0.4 is 0 Å². The van der Waals surface area contributed by atoms with E-state index in [-0.39, 0.29) is 17.3 Å². The zero-order valence-electron chi connectivity index (χ0n) is 10.6. The van der Waals surface area contributed by atoms with Crippen molar-refractivity contribution in [2.24, 2.45) is 5.92 Å². The lowest BCUT2D eigenvalue weighted by Crippen LogP contribution is -2.42. The van der Waals surface area contributed by atoms with Crippen LogP contribution in [0.4, 0.5) is 0 Å². The Labute approximate surface area is 111 Å². The highest BCUT2D eigenvalue weighted by Gasteiger charge is 2.42. The van der Waals surface area contributed by atoms with Gasteiger partial charge in [-0.3, -0.25) is 4.79 Å². The van der Waals surface area contributed by atoms with E-state index >= 15 is 0 Å². The maximum absolute atomic E-state index is 12.4. The molecule has 2 aliphatic heterocycles. The van der Waals surface area contributed by atoms with Crippen LogP contribution >= 0.6 is 11.8 Å². The van der Waals surface area contributed by atoms with Crippen molar-refractivity contribution in [2.45, 2.75) is 31.8 Å². The molecule has 1 spiro atoms. The summed E-state index contributed by atoms with van der Waals surface area (Å²) in [6, 6.07) is 3.65. The Morgan fingerprint density at radius 1 is 1.50 bits per heavy atom. The van der Waals surface area contributed by atoms with E-state index < -0.39 is 0 Å². The first kappa shape index (κ1) is 12.3. The molecule has 0 aromatic carbocycles. The van der Waals surface area contributed by atoms with Gasteiger partial charge in [-0.1, -0.05) is 0 Å². The molecule has 3 heterocycles. The lowest BCUT2D eigenvalue weighted by atomic mass is 9.82. The van der Waals surface area contributed by atoms with Crippen LogP contribution in [0.15, 0.2) is 16.5 Å². The third kappa shape index (κ3) is 2.24. The van der Waals surface area contributed by atoms with Crippen molar-refractivity contribution < 1.29 is 13.9 Å². The molecule has 0 radical (unpaired) electrons. The molecule has 2 atom stereocenters. The van der Waals surface area contributed by atoms with E-state index in [0.29, 0.717) is 12.4 Å². The van der Waals surface area contributed by atoms with E-state index in [4.69, 9.17) is 9.15 Å². The number of carbonyl (C=O) groups is 1. The molecule has 4 heteroatoms. The summed E-state index contributed by atoms with van der Waals surface area (Å²) in [5.74, 6) is 3.73. The van der Waals surface area contributed by atoms with Gasteiger partial charge in [-0.2, -0.15) is 11.8 Å². The molecule has 2 fully saturated rings. The highest BCUT2D eigenvalue weighted by molar-refractivity contribution is 7.99. The molecule has 0 N–H and O–H groups in total. The van der Waals surface area contributed by atoms with E-state index in [0.717, 1.165) is 36.5 Å². The molecule has 18 heavy (non-hydrogen) atoms. The van der Waals surface area contributed by atoms with Gasteiger partial charge in [-0.25, -0.2) is 0 Å². The third-order valence-electron chi connectivity index (χ3n) is 3.91. The smallest absolute Gasteiger partial charge is 0.201 e. The summed E-state index contributed by atoms with van der Waals surface area (Å²) in [5, 5.41) is 0. The standard InChI is InChI=1S/C14H18O3S/c1-10-2-3-12(17-10)13(15)11-4-6-16-14(8-11)5-7-18-9-14/h2-3,11H,4-9H2,1H3. The summed E-state index contributed by atoms with van der Waals surface area (Å²) in [6.45, 7) is 2.58. The number of furan rings is 1. The van der Waals surface area contributed by atoms with Crippen molar-refractivity contribution in [3.05, 3.63) is 23.7 Å². The first-order valence-electron chi connectivity index (χ1n) is 6.51. The average molecular weight is 266 g/mol. The second-order valence-electron chi connectivity index (χ2n) is 5.30. The molecule has 0 bridgehead atoms. The van der Waals surface area contributed by atoms with E-state index in [9.17, 15) is 4.79 Å². The molecule has 3 rings (SSSR count). The molecule has 0 aliphatic carbocycles. The molecular formula is C14H18O3S. The van der Waals surface area contributed by atoms with Crippen molar-refractivity contribution >= 4 is 17.5 Å². The molecule has 98 valence electrons. The van der Waals surface area contributed by atoms with Crippen molar-refractivity contribution in [3.63, 3.8) is 0 Å². The van der Waals surface area contributed by atoms with E-state index in [2.05, 4.69) is 0 Å². The van der Waals surface area contributed by atoms with Crippen LogP contribution in [-0.2, 0) is 4.74 Å². The van der Waals surface area contributed by atoms with Crippen LogP contribution in [0.3, 0.4) is 0 Å². The van der Waals surface area contributed by atoms with E-state index in [1.807, 2.05) is 24.8 Å². The summed E-state index contributed by atoms with van der Waals surface area (Å²) in [5.41, 5.74) is -0.0368. The summed E-state index contributed by atoms with van der Waals surface area (Å²) in [6.07, 6.45) is 2.77. The molecular weight excluding hydrogens is 248 g/mol. The highest BCUT2D eigenvalue weighted by Crippen LogP contribution is 2.41. The molecule has 1 aromatic heterocycles. The third-order valence-corrected chi connectivity index (χ3v) is 5.14. The Bertz CT molecular complexity index is 446. The lowest BCUT2D eigenvalue weighted by molar-refractivity contribution is -0.0737. The van der Waals surface area contributed by atoms with Gasteiger partial charge in [0.25, 0.3) is 0 Å². The Morgan fingerprint density at radius 3 is 3.06 bits per heavy atom. The van der Waals surface area contributed by atoms with Crippen molar-refractivity contribution in [3.8, 4) is 0 Å². The van der Waals surface area contributed by atoms with Crippen LogP contribution in [0, 0.1) is 12.8 Å². The van der Waals surface area contributed by atoms with Crippen LogP contribution in [0.5, 0.6) is 0 Å². The molecule has 2 unspecified atom stereocenters. The minimum atomic E-state index is -0.0368. The van der Waals surface area contributed by atoms with Gasteiger partial charge in [-0.15, -0.1) is 0 Å². The van der Waals surface area contributed by atoms with Gasteiger partial charge < -0.3 is 9.15 Å². The van der Waals surface area contributed by atoms with Gasteiger partial charge in [0, 0.05) is 18.3 Å². The highest BCUT2D eigenvalue weighted by atomic mass is 32.2. The number of aryl methyl sites for hydroxylation is 1. The number of hydrogen-bond acceptors (Lipinski definition) is 4. The Hall–Kier alpha value is -0.740. The van der Waals surface area contributed by atoms with Crippen molar-refractivity contribution in [2.75, 3.05) is 18.1 Å². The predicted molar refractivity (Wildman–Crippen MR) is 71.1 cm³/mol. The van der Waals surface area contributed by atoms with Crippen LogP contribution in [0.1, 0.15) is 35.6 Å². The normalized spacial score (nSPS) is 31.9. The number of ketones is 1. The second kappa shape index (κ2) is 4.74. The number of thioether (sulfide) groups is 1. The summed E-state index contributed by atoms with van der Waals surface area (Å²) in [7, 11) is 0. The predicted octanol–water partition coefficient (Wildman–Crippen LogP) is 3.07. The molecule has 3 nitrogen and oxygen atoms in total. The monoisotopic (exact) mass is 266 g/mol. The lowest BCUT2D eigenvalue weighted by Gasteiger charge is -2.36. The first-order valence-corrected chi connectivity index (χ1v) is 7.66. The zero-order chi connectivity index (χ0) is 12.6. The van der Waals surface area contributed by atoms with Gasteiger partial charge in [0.05, 0.1) is 5.60 Å². The number of Topliss-reactive ketones (excluding diaryl/α,β-unsaturated/α-hetero) is 1. The topological polar surface area (TPSA) is 39.4 Å². The fourth-order valence-corrected chi connectivity index (χ4v) is 4.26. The Balaban J connectivity index is 1.74. The molecule has 0 amide bonds. The van der Waals surface area contributed by atoms with Crippen LogP contribution in [0.25, 0.3) is 0 Å². The number of ether oxygens (including phenoxy) is 1.